The largest absolute Gasteiger partial charge is 0.353 e. The zero-order valence-corrected chi connectivity index (χ0v) is 10.9. The fraction of sp³-hybridized carbons (Fsp3) is 0.909. The van der Waals surface area contributed by atoms with E-state index < -0.39 is 0 Å². The van der Waals surface area contributed by atoms with E-state index in [0.29, 0.717) is 6.54 Å². The highest BCUT2D eigenvalue weighted by Gasteiger charge is 2.14. The number of thioether (sulfide) groups is 1. The first-order chi connectivity index (χ1) is 7.11. The van der Waals surface area contributed by atoms with Gasteiger partial charge in [-0.05, 0) is 32.1 Å². The Kier molecular flexibility index (Phi) is 8.91. The summed E-state index contributed by atoms with van der Waals surface area (Å²) in [5.74, 6) is 2.34. The van der Waals surface area contributed by atoms with E-state index in [2.05, 4.69) is 19.2 Å². The van der Waals surface area contributed by atoms with E-state index in [0.717, 1.165) is 24.3 Å². The van der Waals surface area contributed by atoms with Gasteiger partial charge in [-0.3, -0.25) is 4.79 Å². The Morgan fingerprint density at radius 2 is 2.13 bits per heavy atom. The number of carbonyl (C=O) groups is 1. The predicted molar refractivity (Wildman–Crippen MR) is 68.1 cm³/mol. The molecule has 0 aromatic heterocycles. The van der Waals surface area contributed by atoms with Crippen molar-refractivity contribution in [2.45, 2.75) is 39.7 Å². The van der Waals surface area contributed by atoms with Crippen molar-refractivity contribution in [2.75, 3.05) is 18.1 Å². The van der Waals surface area contributed by atoms with Crippen LogP contribution in [0.4, 0.5) is 0 Å². The van der Waals surface area contributed by atoms with Crippen molar-refractivity contribution >= 4 is 17.7 Å². The summed E-state index contributed by atoms with van der Waals surface area (Å²) in [6.07, 6.45) is 1.81. The van der Waals surface area contributed by atoms with Crippen LogP contribution >= 0.6 is 11.8 Å². The van der Waals surface area contributed by atoms with Gasteiger partial charge in [0.2, 0.25) is 5.91 Å². The molecule has 90 valence electrons. The van der Waals surface area contributed by atoms with E-state index in [9.17, 15) is 4.79 Å². The van der Waals surface area contributed by atoms with Crippen molar-refractivity contribution in [1.29, 1.82) is 0 Å². The van der Waals surface area contributed by atoms with Crippen molar-refractivity contribution < 1.29 is 4.79 Å². The third-order valence-corrected chi connectivity index (χ3v) is 3.39. The lowest BCUT2D eigenvalue weighted by molar-refractivity contribution is -0.125. The van der Waals surface area contributed by atoms with Gasteiger partial charge >= 0.3 is 0 Å². The Bertz CT molecular complexity index is 176. The molecule has 3 N–H and O–H groups in total. The first-order valence-corrected chi connectivity index (χ1v) is 6.85. The fourth-order valence-corrected chi connectivity index (χ4v) is 1.95. The first-order valence-electron chi connectivity index (χ1n) is 5.70. The van der Waals surface area contributed by atoms with Crippen LogP contribution in [0.5, 0.6) is 0 Å². The molecule has 0 aromatic rings. The number of rotatable bonds is 8. The molecule has 0 aromatic carbocycles. The molecular weight excluding hydrogens is 208 g/mol. The second-order valence-electron chi connectivity index (χ2n) is 3.90. The predicted octanol–water partition coefficient (Wildman–Crippen LogP) is 1.62. The normalized spacial score (nSPS) is 14.7. The van der Waals surface area contributed by atoms with Gasteiger partial charge in [0.05, 0.1) is 0 Å². The summed E-state index contributed by atoms with van der Waals surface area (Å²) in [5, 5.41) is 3.02. The minimum absolute atomic E-state index is 0.0858. The molecule has 0 aliphatic heterocycles. The van der Waals surface area contributed by atoms with Crippen LogP contribution in [0.3, 0.4) is 0 Å². The maximum Gasteiger partial charge on any atom is 0.223 e. The molecule has 15 heavy (non-hydrogen) atoms. The number of hydrogen-bond acceptors (Lipinski definition) is 3. The Morgan fingerprint density at radius 1 is 1.47 bits per heavy atom. The fourth-order valence-electron chi connectivity index (χ4n) is 1.28. The van der Waals surface area contributed by atoms with Gasteiger partial charge < -0.3 is 11.1 Å². The Balaban J connectivity index is 3.70. The van der Waals surface area contributed by atoms with Crippen LogP contribution in [0.2, 0.25) is 0 Å². The molecule has 0 spiro atoms. The topological polar surface area (TPSA) is 55.1 Å². The van der Waals surface area contributed by atoms with Gasteiger partial charge in [0.15, 0.2) is 0 Å². The summed E-state index contributed by atoms with van der Waals surface area (Å²) in [7, 11) is 0. The van der Waals surface area contributed by atoms with Gasteiger partial charge in [-0.2, -0.15) is 11.8 Å². The van der Waals surface area contributed by atoms with Crippen LogP contribution < -0.4 is 11.1 Å². The van der Waals surface area contributed by atoms with Gasteiger partial charge in [-0.1, -0.05) is 13.8 Å². The van der Waals surface area contributed by atoms with Crippen LogP contribution in [-0.4, -0.2) is 30.0 Å². The maximum absolute atomic E-state index is 11.7. The van der Waals surface area contributed by atoms with Crippen molar-refractivity contribution in [3.63, 3.8) is 0 Å². The average molecular weight is 232 g/mol. The number of carbonyl (C=O) groups excluding carboxylic acids is 1. The van der Waals surface area contributed by atoms with E-state index in [1.165, 1.54) is 0 Å². The quantitative estimate of drug-likeness (QED) is 0.668. The standard InChI is InChI=1S/C11H24N2OS/c1-4-15-8-10(3)13-11(14)9(2)6-5-7-12/h9-10H,4-8,12H2,1-3H3,(H,13,14). The number of nitrogens with one attached hydrogen (secondary N) is 1. The van der Waals surface area contributed by atoms with E-state index in [1.54, 1.807) is 0 Å². The van der Waals surface area contributed by atoms with Crippen LogP contribution in [0.1, 0.15) is 33.6 Å². The molecule has 0 radical (unpaired) electrons. The molecule has 2 unspecified atom stereocenters. The van der Waals surface area contributed by atoms with Crippen molar-refractivity contribution in [3.05, 3.63) is 0 Å². The maximum atomic E-state index is 11.7. The molecule has 1 amide bonds. The summed E-state index contributed by atoms with van der Waals surface area (Å²) in [4.78, 5) is 11.7. The highest BCUT2D eigenvalue weighted by atomic mass is 32.2. The van der Waals surface area contributed by atoms with Crippen LogP contribution in [0.25, 0.3) is 0 Å². The van der Waals surface area contributed by atoms with Crippen LogP contribution in [-0.2, 0) is 4.79 Å². The lowest BCUT2D eigenvalue weighted by Crippen LogP contribution is -2.37. The van der Waals surface area contributed by atoms with Crippen molar-refractivity contribution in [3.8, 4) is 0 Å². The molecule has 0 saturated heterocycles. The summed E-state index contributed by atoms with van der Waals surface area (Å²) < 4.78 is 0. The van der Waals surface area contributed by atoms with Gasteiger partial charge in [0, 0.05) is 17.7 Å². The van der Waals surface area contributed by atoms with Gasteiger partial charge in [0.1, 0.15) is 0 Å². The minimum Gasteiger partial charge on any atom is -0.353 e. The summed E-state index contributed by atoms with van der Waals surface area (Å²) >= 11 is 1.85. The zero-order valence-electron chi connectivity index (χ0n) is 10.1. The van der Waals surface area contributed by atoms with E-state index in [-0.39, 0.29) is 17.9 Å². The highest BCUT2D eigenvalue weighted by Crippen LogP contribution is 2.06. The van der Waals surface area contributed by atoms with Crippen molar-refractivity contribution in [1.82, 2.24) is 5.32 Å². The minimum atomic E-state index is 0.0858. The third-order valence-electron chi connectivity index (χ3n) is 2.25. The van der Waals surface area contributed by atoms with Crippen LogP contribution in [0.15, 0.2) is 0 Å². The van der Waals surface area contributed by atoms with Crippen molar-refractivity contribution in [2.24, 2.45) is 11.7 Å². The first kappa shape index (κ1) is 14.8. The lowest BCUT2D eigenvalue weighted by Gasteiger charge is -2.16. The van der Waals surface area contributed by atoms with Gasteiger partial charge in [-0.15, -0.1) is 0 Å². The van der Waals surface area contributed by atoms with E-state index >= 15 is 0 Å². The Labute approximate surface area is 97.6 Å². The average Bonchev–Trinajstić information content (AvgIpc) is 2.22. The van der Waals surface area contributed by atoms with E-state index in [4.69, 9.17) is 5.73 Å². The molecular formula is C11H24N2OS. The molecule has 4 heteroatoms. The van der Waals surface area contributed by atoms with Gasteiger partial charge in [0.25, 0.3) is 0 Å². The number of hydrogen-bond donors (Lipinski definition) is 2. The molecule has 0 rings (SSSR count). The number of nitrogens with two attached hydrogens (primary N) is 1. The lowest BCUT2D eigenvalue weighted by atomic mass is 10.0. The summed E-state index contributed by atoms with van der Waals surface area (Å²) in [6, 6.07) is 0.266. The SMILES string of the molecule is CCSCC(C)NC(=O)C(C)CCCN. The molecule has 0 aliphatic rings. The van der Waals surface area contributed by atoms with E-state index in [1.807, 2.05) is 18.7 Å². The third kappa shape index (κ3) is 7.68. The number of amides is 1. The zero-order chi connectivity index (χ0) is 11.7. The molecule has 0 heterocycles. The monoisotopic (exact) mass is 232 g/mol. The summed E-state index contributed by atoms with van der Waals surface area (Å²) in [5.41, 5.74) is 5.41. The molecule has 0 saturated carbocycles. The second kappa shape index (κ2) is 9.04. The molecule has 0 fully saturated rings. The second-order valence-corrected chi connectivity index (χ2v) is 5.22. The molecule has 0 bridgehead atoms. The molecule has 0 aliphatic carbocycles. The highest BCUT2D eigenvalue weighted by molar-refractivity contribution is 7.99. The Morgan fingerprint density at radius 3 is 2.67 bits per heavy atom. The molecule has 2 atom stereocenters. The smallest absolute Gasteiger partial charge is 0.223 e. The Hall–Kier alpha value is -0.220. The van der Waals surface area contributed by atoms with Crippen LogP contribution in [0, 0.1) is 5.92 Å². The molecule has 3 nitrogen and oxygen atoms in total. The summed E-state index contributed by atoms with van der Waals surface area (Å²) in [6.45, 7) is 6.81. The van der Waals surface area contributed by atoms with Gasteiger partial charge in [-0.25, -0.2) is 0 Å².